The molecule has 2 nitrogen and oxygen atoms in total. The van der Waals surface area contributed by atoms with E-state index < -0.39 is 36.8 Å². The van der Waals surface area contributed by atoms with Crippen LogP contribution in [0.2, 0.25) is 0 Å². The van der Waals surface area contributed by atoms with Gasteiger partial charge in [-0.15, -0.1) is 0 Å². The number of hydrogen-bond acceptors (Lipinski definition) is 1. The number of alkyl halides is 7. The average Bonchev–Trinajstić information content (AvgIpc) is 1.97. The minimum atomic E-state index is -6.06. The van der Waals surface area contributed by atoms with E-state index in [1.54, 1.807) is 0 Å². The maximum atomic E-state index is 12.7. The van der Waals surface area contributed by atoms with Crippen LogP contribution in [-0.2, 0) is 4.79 Å². The highest BCUT2D eigenvalue weighted by molar-refractivity contribution is 5.79. The van der Waals surface area contributed by atoms with E-state index in [1.165, 1.54) is 0 Å². The van der Waals surface area contributed by atoms with E-state index in [4.69, 9.17) is 5.11 Å². The zero-order chi connectivity index (χ0) is 13.9. The van der Waals surface area contributed by atoms with Crippen molar-refractivity contribution >= 4 is 5.97 Å². The van der Waals surface area contributed by atoms with Gasteiger partial charge in [0.25, 0.3) is 5.92 Å². The molecule has 0 rings (SSSR count). The van der Waals surface area contributed by atoms with E-state index in [0.29, 0.717) is 6.08 Å². The van der Waals surface area contributed by atoms with E-state index >= 15 is 0 Å². The average molecular weight is 268 g/mol. The third kappa shape index (κ3) is 5.55. The summed E-state index contributed by atoms with van der Waals surface area (Å²) in [5.41, 5.74) is 0. The Labute approximate surface area is 90.7 Å². The van der Waals surface area contributed by atoms with Crippen molar-refractivity contribution < 1.29 is 40.6 Å². The smallest absolute Gasteiger partial charge is 0.453 e. The summed E-state index contributed by atoms with van der Waals surface area (Å²) in [6.07, 6.45) is -9.74. The van der Waals surface area contributed by atoms with Gasteiger partial charge in [0.15, 0.2) is 0 Å². The first-order valence-electron chi connectivity index (χ1n) is 4.09. The topological polar surface area (TPSA) is 37.3 Å². The number of halogens is 7. The van der Waals surface area contributed by atoms with Crippen molar-refractivity contribution in [3.63, 3.8) is 0 Å². The number of carboxylic acid groups (broad SMARTS) is 1. The first-order valence-corrected chi connectivity index (χ1v) is 4.09. The van der Waals surface area contributed by atoms with Crippen LogP contribution in [0.25, 0.3) is 0 Å². The molecule has 0 unspecified atom stereocenters. The van der Waals surface area contributed by atoms with Gasteiger partial charge in [-0.3, -0.25) is 0 Å². The molecule has 0 saturated heterocycles. The largest absolute Gasteiger partial charge is 0.478 e. The Bertz CT molecular complexity index is 305. The van der Waals surface area contributed by atoms with Crippen molar-refractivity contribution in [3.05, 3.63) is 12.2 Å². The van der Waals surface area contributed by atoms with Crippen molar-refractivity contribution in [2.75, 3.05) is 0 Å². The van der Waals surface area contributed by atoms with Crippen molar-refractivity contribution in [2.45, 2.75) is 30.9 Å². The molecule has 0 aromatic heterocycles. The SMILES string of the molecule is O=C(O)C=CCC(F)(F)CC(F)(F)C(F)(F)F. The molecule has 0 heterocycles. The number of allylic oxidation sites excluding steroid dienone is 1. The van der Waals surface area contributed by atoms with Crippen LogP contribution in [0.5, 0.6) is 0 Å². The van der Waals surface area contributed by atoms with Crippen LogP contribution in [0.15, 0.2) is 12.2 Å². The fourth-order valence-corrected chi connectivity index (χ4v) is 0.829. The molecule has 0 spiro atoms. The van der Waals surface area contributed by atoms with Gasteiger partial charge >= 0.3 is 18.1 Å². The van der Waals surface area contributed by atoms with Crippen molar-refractivity contribution in [2.24, 2.45) is 0 Å². The standard InChI is InChI=1S/C8H7F7O2/c9-6(10,3-1-2-5(16)17)4-7(11,12)8(13,14)15/h1-2H,3-4H2,(H,16,17). The van der Waals surface area contributed by atoms with E-state index in [1.807, 2.05) is 0 Å². The molecule has 100 valence electrons. The van der Waals surface area contributed by atoms with Crippen LogP contribution in [0.3, 0.4) is 0 Å². The minimum absolute atomic E-state index is 0.236. The molecule has 0 amide bonds. The Balaban J connectivity index is 4.60. The summed E-state index contributed by atoms with van der Waals surface area (Å²) in [6.45, 7) is 0. The number of carboxylic acids is 1. The lowest BCUT2D eigenvalue weighted by atomic mass is 10.1. The summed E-state index contributed by atoms with van der Waals surface area (Å²) in [5.74, 6) is -11.5. The normalized spacial score (nSPS) is 14.3. The third-order valence-corrected chi connectivity index (χ3v) is 1.57. The summed E-state index contributed by atoms with van der Waals surface area (Å²) in [5, 5.41) is 8.01. The Morgan fingerprint density at radius 1 is 1.06 bits per heavy atom. The summed E-state index contributed by atoms with van der Waals surface area (Å²) >= 11 is 0. The first-order chi connectivity index (χ1) is 7.37. The molecule has 0 bridgehead atoms. The lowest BCUT2D eigenvalue weighted by Gasteiger charge is -2.24. The molecule has 0 fully saturated rings. The molecular formula is C8H7F7O2. The van der Waals surface area contributed by atoms with Gasteiger partial charge in [-0.25, -0.2) is 13.6 Å². The van der Waals surface area contributed by atoms with Crippen LogP contribution in [0.1, 0.15) is 12.8 Å². The van der Waals surface area contributed by atoms with Gasteiger partial charge in [0.1, 0.15) is 0 Å². The maximum absolute atomic E-state index is 12.7. The summed E-state index contributed by atoms with van der Waals surface area (Å²) in [4.78, 5) is 9.87. The summed E-state index contributed by atoms with van der Waals surface area (Å²) < 4.78 is 84.7. The van der Waals surface area contributed by atoms with Gasteiger partial charge < -0.3 is 5.11 Å². The molecule has 17 heavy (non-hydrogen) atoms. The van der Waals surface area contributed by atoms with Crippen LogP contribution >= 0.6 is 0 Å². The Morgan fingerprint density at radius 3 is 1.88 bits per heavy atom. The number of aliphatic carboxylic acids is 1. The van der Waals surface area contributed by atoms with Crippen molar-refractivity contribution in [3.8, 4) is 0 Å². The van der Waals surface area contributed by atoms with E-state index in [0.717, 1.165) is 0 Å². The monoisotopic (exact) mass is 268 g/mol. The molecule has 0 saturated carbocycles. The fraction of sp³-hybridized carbons (Fsp3) is 0.625. The van der Waals surface area contributed by atoms with Gasteiger partial charge in [0, 0.05) is 12.5 Å². The van der Waals surface area contributed by atoms with Gasteiger partial charge in [-0.05, 0) is 0 Å². The fourth-order valence-electron chi connectivity index (χ4n) is 0.829. The lowest BCUT2D eigenvalue weighted by Crippen LogP contribution is -2.41. The molecule has 0 aromatic carbocycles. The van der Waals surface area contributed by atoms with Gasteiger partial charge in [0.05, 0.1) is 6.42 Å². The highest BCUT2D eigenvalue weighted by atomic mass is 19.4. The third-order valence-electron chi connectivity index (χ3n) is 1.57. The summed E-state index contributed by atoms with van der Waals surface area (Å²) in [7, 11) is 0. The predicted octanol–water partition coefficient (Wildman–Crippen LogP) is 3.24. The van der Waals surface area contributed by atoms with Gasteiger partial charge in [-0.2, -0.15) is 22.0 Å². The Kier molecular flexibility index (Phi) is 4.55. The molecule has 0 radical (unpaired) electrons. The van der Waals surface area contributed by atoms with Gasteiger partial charge in [0.2, 0.25) is 0 Å². The molecule has 9 heteroatoms. The molecule has 0 aliphatic rings. The highest BCUT2D eigenvalue weighted by Crippen LogP contribution is 2.43. The maximum Gasteiger partial charge on any atom is 0.453 e. The minimum Gasteiger partial charge on any atom is -0.478 e. The van der Waals surface area contributed by atoms with Gasteiger partial charge in [-0.1, -0.05) is 6.08 Å². The Hall–Kier alpha value is -1.28. The van der Waals surface area contributed by atoms with Crippen molar-refractivity contribution in [1.29, 1.82) is 0 Å². The number of hydrogen-bond donors (Lipinski definition) is 1. The zero-order valence-electron chi connectivity index (χ0n) is 8.07. The van der Waals surface area contributed by atoms with Crippen LogP contribution < -0.4 is 0 Å². The lowest BCUT2D eigenvalue weighted by molar-refractivity contribution is -0.300. The Morgan fingerprint density at radius 2 is 1.53 bits per heavy atom. The zero-order valence-corrected chi connectivity index (χ0v) is 8.07. The molecule has 1 N–H and O–H groups in total. The van der Waals surface area contributed by atoms with E-state index in [2.05, 4.69) is 0 Å². The van der Waals surface area contributed by atoms with Crippen LogP contribution in [0, 0.1) is 0 Å². The van der Waals surface area contributed by atoms with Crippen LogP contribution in [-0.4, -0.2) is 29.1 Å². The van der Waals surface area contributed by atoms with E-state index in [-0.39, 0.29) is 6.08 Å². The quantitative estimate of drug-likeness (QED) is 0.614. The molecular weight excluding hydrogens is 261 g/mol. The first kappa shape index (κ1) is 15.7. The van der Waals surface area contributed by atoms with Crippen molar-refractivity contribution in [1.82, 2.24) is 0 Å². The second-order valence-corrected chi connectivity index (χ2v) is 3.18. The number of carbonyl (C=O) groups is 1. The van der Waals surface area contributed by atoms with Crippen LogP contribution in [0.4, 0.5) is 30.7 Å². The second kappa shape index (κ2) is 4.92. The molecule has 0 aliphatic carbocycles. The van der Waals surface area contributed by atoms with E-state index in [9.17, 15) is 35.5 Å². The highest BCUT2D eigenvalue weighted by Gasteiger charge is 2.61. The molecule has 0 atom stereocenters. The molecule has 0 aliphatic heterocycles. The predicted molar refractivity (Wildman–Crippen MR) is 42.0 cm³/mol. The molecule has 0 aromatic rings. The second-order valence-electron chi connectivity index (χ2n) is 3.18. The summed E-state index contributed by atoms with van der Waals surface area (Å²) in [6, 6.07) is 0. The number of rotatable bonds is 5.